The molecular formula is C59H87N3O14. The average Bonchev–Trinajstić information content (AvgIpc) is 3.43. The van der Waals surface area contributed by atoms with E-state index in [1.807, 2.05) is 58.1 Å². The van der Waals surface area contributed by atoms with E-state index in [-0.39, 0.29) is 73.4 Å². The lowest BCUT2D eigenvalue weighted by atomic mass is 9.78. The Morgan fingerprint density at radius 1 is 0.908 bits per heavy atom. The first-order valence-corrected chi connectivity index (χ1v) is 27.5. The number of allylic oxidation sites excluding steroid dienone is 6. The lowest BCUT2D eigenvalue weighted by molar-refractivity contribution is -0.265. The van der Waals surface area contributed by atoms with Gasteiger partial charge in [-0.3, -0.25) is 29.0 Å². The van der Waals surface area contributed by atoms with Crippen molar-refractivity contribution in [2.24, 2.45) is 35.5 Å². The van der Waals surface area contributed by atoms with Crippen LogP contribution in [0.5, 0.6) is 0 Å². The molecule has 5 rings (SSSR count). The second-order valence-corrected chi connectivity index (χ2v) is 21.9. The molecule has 0 unspecified atom stereocenters. The van der Waals surface area contributed by atoms with Crippen molar-refractivity contribution in [3.05, 3.63) is 77.7 Å². The van der Waals surface area contributed by atoms with Gasteiger partial charge in [0.2, 0.25) is 5.79 Å². The molecular weight excluding hydrogens is 975 g/mol. The van der Waals surface area contributed by atoms with Gasteiger partial charge in [-0.25, -0.2) is 4.79 Å². The fraction of sp³-hybridized carbons (Fsp3) is 0.678. The second kappa shape index (κ2) is 29.8. The Morgan fingerprint density at radius 2 is 1.67 bits per heavy atom. The summed E-state index contributed by atoms with van der Waals surface area (Å²) in [6, 6.07) is 2.22. The van der Waals surface area contributed by atoms with Crippen LogP contribution in [0.1, 0.15) is 136 Å². The van der Waals surface area contributed by atoms with Crippen LogP contribution in [-0.2, 0) is 52.4 Å². The SMILES string of the molecule is CO[C@H]1C[C@@H]2CC[C@@H](C)[C@@](O)(O2)C(=O)C(=O)N2CCCC[C@H]2C(=O)O[C@H]([C@H](C)C[C@H]2CC[C@@H](OCCNC(=O)c3cccnc3)[C@H](OC)C2)CC(=O)[C@H](C)/C=C(\C)[C@@H](O)[C@@H](OC)C(=O)[C@H](C)C[C@H](C)/C=C/C=C/C=C/1C. The Kier molecular flexibility index (Phi) is 24.4. The van der Waals surface area contributed by atoms with Gasteiger partial charge in [0.05, 0.1) is 36.6 Å². The maximum atomic E-state index is 14.6. The third-order valence-corrected chi connectivity index (χ3v) is 16.1. The highest BCUT2D eigenvalue weighted by Gasteiger charge is 2.53. The first kappa shape index (κ1) is 62.1. The summed E-state index contributed by atoms with van der Waals surface area (Å²) in [6.07, 6.45) is 14.7. The number of aromatic nitrogens is 1. The minimum Gasteiger partial charge on any atom is -0.460 e. The molecule has 0 spiro atoms. The molecule has 2 amide bonds. The molecule has 0 aromatic carbocycles. The first-order valence-electron chi connectivity index (χ1n) is 27.5. The molecule has 76 heavy (non-hydrogen) atoms. The minimum atomic E-state index is -2.45. The van der Waals surface area contributed by atoms with Crippen molar-refractivity contribution in [2.75, 3.05) is 41.0 Å². The number of Topliss-reactive ketones (excluding diaryl/α,β-unsaturated/α-hetero) is 3. The molecule has 2 saturated heterocycles. The fourth-order valence-electron chi connectivity index (χ4n) is 11.3. The van der Waals surface area contributed by atoms with Crippen molar-refractivity contribution >= 4 is 35.1 Å². The Bertz CT molecular complexity index is 2230. The third kappa shape index (κ3) is 16.9. The average molecular weight is 1060 g/mol. The molecule has 15 atom stereocenters. The number of rotatable bonds is 11. The van der Waals surface area contributed by atoms with E-state index in [1.54, 1.807) is 59.4 Å². The number of aliphatic hydroxyl groups is 2. The van der Waals surface area contributed by atoms with Crippen molar-refractivity contribution in [3.8, 4) is 0 Å². The number of aliphatic hydroxyl groups excluding tert-OH is 1. The number of piperidine rings is 1. The number of carbonyl (C=O) groups excluding carboxylic acids is 6. The smallest absolute Gasteiger partial charge is 0.329 e. The molecule has 3 aliphatic heterocycles. The zero-order chi connectivity index (χ0) is 55.7. The molecule has 1 aromatic rings. The number of cyclic esters (lactones) is 1. The van der Waals surface area contributed by atoms with Gasteiger partial charge in [-0.1, -0.05) is 71.1 Å². The normalized spacial score (nSPS) is 36.1. The maximum Gasteiger partial charge on any atom is 0.329 e. The van der Waals surface area contributed by atoms with E-state index in [0.29, 0.717) is 75.5 Å². The van der Waals surface area contributed by atoms with Gasteiger partial charge in [-0.15, -0.1) is 0 Å². The highest BCUT2D eigenvalue weighted by atomic mass is 16.6. The van der Waals surface area contributed by atoms with Crippen LogP contribution >= 0.6 is 0 Å². The van der Waals surface area contributed by atoms with E-state index >= 15 is 0 Å². The number of ketones is 3. The number of esters is 1. The molecule has 422 valence electrons. The predicted molar refractivity (Wildman–Crippen MR) is 285 cm³/mol. The monoisotopic (exact) mass is 1060 g/mol. The number of carbonyl (C=O) groups is 6. The zero-order valence-corrected chi connectivity index (χ0v) is 46.7. The topological polar surface area (TPSA) is 226 Å². The van der Waals surface area contributed by atoms with Gasteiger partial charge in [0.1, 0.15) is 30.1 Å². The minimum absolute atomic E-state index is 0.00548. The van der Waals surface area contributed by atoms with Gasteiger partial charge in [-0.05, 0) is 119 Å². The number of amides is 2. The highest BCUT2D eigenvalue weighted by molar-refractivity contribution is 6.39. The molecule has 1 aromatic heterocycles. The summed E-state index contributed by atoms with van der Waals surface area (Å²) < 4.78 is 36.2. The molecule has 0 radical (unpaired) electrons. The summed E-state index contributed by atoms with van der Waals surface area (Å²) in [4.78, 5) is 89.2. The molecule has 4 aliphatic rings. The van der Waals surface area contributed by atoms with Gasteiger partial charge in [-0.2, -0.15) is 0 Å². The molecule has 1 saturated carbocycles. The van der Waals surface area contributed by atoms with E-state index in [2.05, 4.69) is 10.3 Å². The Labute approximate surface area is 450 Å². The quantitative estimate of drug-likeness (QED) is 0.0875. The number of methoxy groups -OCH3 is 3. The number of nitrogens with one attached hydrogen (secondary N) is 1. The fourth-order valence-corrected chi connectivity index (χ4v) is 11.3. The van der Waals surface area contributed by atoms with Crippen molar-refractivity contribution < 1.29 is 67.4 Å². The van der Waals surface area contributed by atoms with Gasteiger partial charge in [0.25, 0.3) is 17.6 Å². The Balaban J connectivity index is 1.40. The van der Waals surface area contributed by atoms with Crippen LogP contribution in [0.4, 0.5) is 0 Å². The lowest BCUT2D eigenvalue weighted by Crippen LogP contribution is -2.61. The van der Waals surface area contributed by atoms with Gasteiger partial charge >= 0.3 is 5.97 Å². The Morgan fingerprint density at radius 3 is 2.37 bits per heavy atom. The number of hydrogen-bond acceptors (Lipinski definition) is 15. The van der Waals surface area contributed by atoms with Crippen LogP contribution < -0.4 is 5.32 Å². The van der Waals surface area contributed by atoms with Crippen molar-refractivity contribution in [3.63, 3.8) is 0 Å². The molecule has 1 aliphatic carbocycles. The summed E-state index contributed by atoms with van der Waals surface area (Å²) in [5, 5.41) is 26.4. The molecule has 17 heteroatoms. The van der Waals surface area contributed by atoms with Crippen LogP contribution in [-0.4, -0.2) is 151 Å². The van der Waals surface area contributed by atoms with E-state index in [0.717, 1.165) is 12.0 Å². The van der Waals surface area contributed by atoms with Crippen molar-refractivity contribution in [1.82, 2.24) is 15.2 Å². The largest absolute Gasteiger partial charge is 0.460 e. The summed E-state index contributed by atoms with van der Waals surface area (Å²) in [6.45, 7) is 13.3. The van der Waals surface area contributed by atoms with E-state index in [9.17, 15) is 39.0 Å². The van der Waals surface area contributed by atoms with Crippen LogP contribution in [0, 0.1) is 35.5 Å². The summed E-state index contributed by atoms with van der Waals surface area (Å²) in [5.74, 6) is -8.40. The number of hydrogen-bond donors (Lipinski definition) is 3. The van der Waals surface area contributed by atoms with Gasteiger partial charge in [0, 0.05) is 77.4 Å². The highest BCUT2D eigenvalue weighted by Crippen LogP contribution is 2.38. The predicted octanol–water partition coefficient (Wildman–Crippen LogP) is 7.03. The van der Waals surface area contributed by atoms with Crippen molar-refractivity contribution in [1.29, 1.82) is 0 Å². The summed E-state index contributed by atoms with van der Waals surface area (Å²) in [7, 11) is 4.59. The number of ether oxygens (including phenoxy) is 6. The second-order valence-electron chi connectivity index (χ2n) is 21.9. The van der Waals surface area contributed by atoms with Crippen LogP contribution in [0.3, 0.4) is 0 Å². The van der Waals surface area contributed by atoms with Crippen LogP contribution in [0.2, 0.25) is 0 Å². The molecule has 4 heterocycles. The van der Waals surface area contributed by atoms with Crippen LogP contribution in [0.25, 0.3) is 0 Å². The van der Waals surface area contributed by atoms with Crippen molar-refractivity contribution in [2.45, 2.75) is 180 Å². The molecule has 3 N–H and O–H groups in total. The Hall–Kier alpha value is -4.75. The van der Waals surface area contributed by atoms with E-state index in [4.69, 9.17) is 28.4 Å². The molecule has 3 fully saturated rings. The number of nitrogens with zero attached hydrogens (tertiary/aromatic N) is 2. The summed E-state index contributed by atoms with van der Waals surface area (Å²) in [5.41, 5.74) is 1.70. The zero-order valence-electron chi connectivity index (χ0n) is 46.7. The van der Waals surface area contributed by atoms with E-state index < -0.39 is 77.8 Å². The number of pyridine rings is 1. The first-order chi connectivity index (χ1) is 36.2. The van der Waals surface area contributed by atoms with Crippen LogP contribution in [0.15, 0.2) is 72.1 Å². The maximum absolute atomic E-state index is 14.6. The molecule has 17 nitrogen and oxygen atoms in total. The number of fused-ring (bicyclic) bond motifs is 3. The van der Waals surface area contributed by atoms with Gasteiger partial charge < -0.3 is 48.9 Å². The lowest BCUT2D eigenvalue weighted by Gasteiger charge is -2.42. The summed E-state index contributed by atoms with van der Waals surface area (Å²) >= 11 is 0. The molecule has 2 bridgehead atoms. The van der Waals surface area contributed by atoms with Gasteiger partial charge in [0.15, 0.2) is 5.78 Å². The third-order valence-electron chi connectivity index (χ3n) is 16.1. The van der Waals surface area contributed by atoms with E-state index in [1.165, 1.54) is 18.2 Å². The standard InChI is InChI=1S/C59H87N3O14/c1-36-17-12-11-13-18-37(2)49(71-8)33-45-23-21-42(7)59(70,76-45)55(66)57(68)62-27-15-14-20-46(62)58(69)75-50(34-47(63)38(3)30-41(6)53(65)54(73-10)52(64)40(5)29-36)39(4)31-43-22-24-48(51(32-43)72-9)74-28-26-61-56(67)44-19-16-25-60-35-44/h11-13,16-19,25,30,35-36,38-40,42-43,45-46,48-51,53-54,65,70H,14-15,20-24,26-29,31-34H2,1-10H3,(H,61,67)/b13-11+,17-12+,37-18+,41-30+/t36-,38-,39-,40-,42-,43-,45+,46+,48-,49+,50+,51-,53-,54+,59-/m1/s1.